The summed E-state index contributed by atoms with van der Waals surface area (Å²) >= 11 is 5.96. The van der Waals surface area contributed by atoms with E-state index in [2.05, 4.69) is 35.4 Å². The number of aliphatic carboxylic acids is 2. The molecule has 0 amide bonds. The van der Waals surface area contributed by atoms with E-state index in [0.29, 0.717) is 11.6 Å². The second-order valence-electron chi connectivity index (χ2n) is 6.41. The Hall–Kier alpha value is -2.87. The predicted molar refractivity (Wildman–Crippen MR) is 111 cm³/mol. The standard InChI is InChI=1S/C19H21ClN2O.C2H2O4/c1-13-16(17-7-2-3-8-18(17)22-13)9-10-21-12-19(23)14-5-4-6-15(20)11-14;3-1(4)2(5)6/h2-8,11,19,21-23H,9-10,12H2,1H3;(H,3,4)(H,5,6). The molecular formula is C21H23ClN2O5. The zero-order valence-corrected chi connectivity index (χ0v) is 16.6. The molecule has 0 saturated heterocycles. The van der Waals surface area contributed by atoms with Gasteiger partial charge >= 0.3 is 11.9 Å². The number of rotatable bonds is 6. The molecule has 0 saturated carbocycles. The number of halogens is 1. The van der Waals surface area contributed by atoms with Crippen LogP contribution in [0, 0.1) is 6.92 Å². The van der Waals surface area contributed by atoms with Crippen molar-refractivity contribution in [1.82, 2.24) is 10.3 Å². The zero-order valence-electron chi connectivity index (χ0n) is 15.9. The minimum Gasteiger partial charge on any atom is -0.473 e. The fourth-order valence-electron chi connectivity index (χ4n) is 2.94. The fraction of sp³-hybridized carbons (Fsp3) is 0.238. The molecule has 0 radical (unpaired) electrons. The molecule has 5 N–H and O–H groups in total. The Bertz CT molecular complexity index is 974. The lowest BCUT2D eigenvalue weighted by Gasteiger charge is -2.12. The molecule has 3 rings (SSSR count). The summed E-state index contributed by atoms with van der Waals surface area (Å²) in [7, 11) is 0. The monoisotopic (exact) mass is 418 g/mol. The smallest absolute Gasteiger partial charge is 0.414 e. The Balaban J connectivity index is 0.000000438. The number of carboxylic acid groups (broad SMARTS) is 2. The van der Waals surface area contributed by atoms with Crippen LogP contribution in [0.3, 0.4) is 0 Å². The summed E-state index contributed by atoms with van der Waals surface area (Å²) in [5.41, 5.74) is 4.57. The molecule has 8 heteroatoms. The number of hydrogen-bond donors (Lipinski definition) is 5. The molecule has 0 aliphatic rings. The third-order valence-corrected chi connectivity index (χ3v) is 4.57. The average molecular weight is 419 g/mol. The molecule has 0 spiro atoms. The Morgan fingerprint density at radius 2 is 1.79 bits per heavy atom. The van der Waals surface area contributed by atoms with Crippen LogP contribution in [0.25, 0.3) is 10.9 Å². The van der Waals surface area contributed by atoms with E-state index in [4.69, 9.17) is 31.4 Å². The van der Waals surface area contributed by atoms with Crippen molar-refractivity contribution in [1.29, 1.82) is 0 Å². The summed E-state index contributed by atoms with van der Waals surface area (Å²) in [6, 6.07) is 15.7. The fourth-order valence-corrected chi connectivity index (χ4v) is 3.14. The highest BCUT2D eigenvalue weighted by molar-refractivity contribution is 6.30. The largest absolute Gasteiger partial charge is 0.473 e. The van der Waals surface area contributed by atoms with Crippen molar-refractivity contribution in [3.8, 4) is 0 Å². The van der Waals surface area contributed by atoms with Crippen LogP contribution in [0.2, 0.25) is 5.02 Å². The molecular weight excluding hydrogens is 396 g/mol. The van der Waals surface area contributed by atoms with Crippen molar-refractivity contribution in [2.75, 3.05) is 13.1 Å². The van der Waals surface area contributed by atoms with Crippen molar-refractivity contribution < 1.29 is 24.9 Å². The molecule has 1 aromatic heterocycles. The number of aryl methyl sites for hydroxylation is 1. The molecule has 29 heavy (non-hydrogen) atoms. The quantitative estimate of drug-likeness (QED) is 0.309. The normalized spacial score (nSPS) is 11.6. The minimum atomic E-state index is -1.82. The number of aliphatic hydroxyl groups is 1. The first-order valence-electron chi connectivity index (χ1n) is 8.96. The van der Waals surface area contributed by atoms with E-state index in [0.717, 1.165) is 18.5 Å². The molecule has 7 nitrogen and oxygen atoms in total. The van der Waals surface area contributed by atoms with Gasteiger partial charge in [0.1, 0.15) is 0 Å². The number of benzene rings is 2. The highest BCUT2D eigenvalue weighted by Crippen LogP contribution is 2.22. The van der Waals surface area contributed by atoms with Gasteiger partial charge in [-0.25, -0.2) is 9.59 Å². The topological polar surface area (TPSA) is 123 Å². The lowest BCUT2D eigenvalue weighted by Crippen LogP contribution is -2.23. The first kappa shape index (κ1) is 22.4. The molecule has 1 heterocycles. The molecule has 1 unspecified atom stereocenters. The number of para-hydroxylation sites is 1. The number of aliphatic hydroxyl groups excluding tert-OH is 1. The van der Waals surface area contributed by atoms with E-state index < -0.39 is 18.0 Å². The van der Waals surface area contributed by atoms with Crippen molar-refractivity contribution in [2.45, 2.75) is 19.4 Å². The van der Waals surface area contributed by atoms with Crippen LogP contribution in [0.5, 0.6) is 0 Å². The van der Waals surface area contributed by atoms with E-state index >= 15 is 0 Å². The van der Waals surface area contributed by atoms with Gasteiger partial charge in [0.05, 0.1) is 6.10 Å². The van der Waals surface area contributed by atoms with E-state index in [9.17, 15) is 5.11 Å². The summed E-state index contributed by atoms with van der Waals surface area (Å²) in [4.78, 5) is 21.6. The van der Waals surface area contributed by atoms with Crippen LogP contribution in [0.4, 0.5) is 0 Å². The number of aromatic amines is 1. The second kappa shape index (κ2) is 10.6. The predicted octanol–water partition coefficient (Wildman–Crippen LogP) is 3.15. The van der Waals surface area contributed by atoms with Crippen LogP contribution in [0.15, 0.2) is 48.5 Å². The van der Waals surface area contributed by atoms with Crippen molar-refractivity contribution >= 4 is 34.4 Å². The van der Waals surface area contributed by atoms with Crippen molar-refractivity contribution in [3.63, 3.8) is 0 Å². The van der Waals surface area contributed by atoms with Gasteiger partial charge in [0.15, 0.2) is 0 Å². The third kappa shape index (κ3) is 6.60. The SMILES string of the molecule is Cc1[nH]c2ccccc2c1CCNCC(O)c1cccc(Cl)c1.O=C(O)C(=O)O. The Morgan fingerprint density at radius 1 is 1.10 bits per heavy atom. The summed E-state index contributed by atoms with van der Waals surface area (Å²) in [6.07, 6.45) is 0.385. The van der Waals surface area contributed by atoms with Crippen molar-refractivity contribution in [2.24, 2.45) is 0 Å². The molecule has 0 aliphatic heterocycles. The number of carboxylic acids is 2. The van der Waals surface area contributed by atoms with E-state index in [1.54, 1.807) is 6.07 Å². The van der Waals surface area contributed by atoms with E-state index in [1.807, 2.05) is 24.3 Å². The van der Waals surface area contributed by atoms with Crippen LogP contribution in [-0.4, -0.2) is 45.3 Å². The number of carbonyl (C=O) groups is 2. The zero-order chi connectivity index (χ0) is 21.4. The molecule has 0 bridgehead atoms. The maximum Gasteiger partial charge on any atom is 0.414 e. The molecule has 3 aromatic rings. The van der Waals surface area contributed by atoms with Gasteiger partial charge in [-0.3, -0.25) is 0 Å². The summed E-state index contributed by atoms with van der Waals surface area (Å²) in [6.45, 7) is 3.44. The summed E-state index contributed by atoms with van der Waals surface area (Å²) in [5.74, 6) is -3.65. The molecule has 0 aliphatic carbocycles. The van der Waals surface area contributed by atoms with Gasteiger partial charge in [0.25, 0.3) is 0 Å². The molecule has 2 aromatic carbocycles. The second-order valence-corrected chi connectivity index (χ2v) is 6.85. The third-order valence-electron chi connectivity index (χ3n) is 4.33. The first-order valence-corrected chi connectivity index (χ1v) is 9.34. The van der Waals surface area contributed by atoms with Crippen molar-refractivity contribution in [3.05, 3.63) is 70.4 Å². The van der Waals surface area contributed by atoms with Crippen LogP contribution >= 0.6 is 11.6 Å². The highest BCUT2D eigenvalue weighted by Gasteiger charge is 2.09. The van der Waals surface area contributed by atoms with Gasteiger partial charge in [-0.15, -0.1) is 0 Å². The lowest BCUT2D eigenvalue weighted by molar-refractivity contribution is -0.159. The maximum absolute atomic E-state index is 10.2. The number of fused-ring (bicyclic) bond motifs is 1. The molecule has 0 fully saturated rings. The van der Waals surface area contributed by atoms with Crippen LogP contribution < -0.4 is 5.32 Å². The molecule has 154 valence electrons. The van der Waals surface area contributed by atoms with Crippen LogP contribution in [-0.2, 0) is 16.0 Å². The number of H-pyrrole nitrogens is 1. The first-order chi connectivity index (χ1) is 13.8. The Kier molecular flexibility index (Phi) is 8.21. The highest BCUT2D eigenvalue weighted by atomic mass is 35.5. The van der Waals surface area contributed by atoms with E-state index in [-0.39, 0.29) is 0 Å². The van der Waals surface area contributed by atoms with Gasteiger partial charge in [-0.1, -0.05) is 41.9 Å². The minimum absolute atomic E-state index is 0.516. The summed E-state index contributed by atoms with van der Waals surface area (Å²) in [5, 5.41) is 30.2. The average Bonchev–Trinajstić information content (AvgIpc) is 3.00. The van der Waals surface area contributed by atoms with Gasteiger partial charge in [0.2, 0.25) is 0 Å². The van der Waals surface area contributed by atoms with Gasteiger partial charge in [-0.05, 0) is 49.2 Å². The lowest BCUT2D eigenvalue weighted by atomic mass is 10.1. The number of hydrogen-bond acceptors (Lipinski definition) is 4. The summed E-state index contributed by atoms with van der Waals surface area (Å²) < 4.78 is 0. The van der Waals surface area contributed by atoms with Gasteiger partial charge in [-0.2, -0.15) is 0 Å². The number of aromatic nitrogens is 1. The molecule has 1 atom stereocenters. The van der Waals surface area contributed by atoms with E-state index in [1.165, 1.54) is 22.2 Å². The van der Waals surface area contributed by atoms with Crippen LogP contribution in [0.1, 0.15) is 22.9 Å². The Labute approximate surface area is 172 Å². The maximum atomic E-state index is 10.2. The van der Waals surface area contributed by atoms with Gasteiger partial charge in [0, 0.05) is 28.2 Å². The number of nitrogens with one attached hydrogen (secondary N) is 2. The Morgan fingerprint density at radius 3 is 2.45 bits per heavy atom. The van der Waals surface area contributed by atoms with Gasteiger partial charge < -0.3 is 25.6 Å².